The van der Waals surface area contributed by atoms with Gasteiger partial charge in [0.15, 0.2) is 0 Å². The van der Waals surface area contributed by atoms with Crippen molar-refractivity contribution in [3.05, 3.63) is 48.0 Å². The monoisotopic (exact) mass is 286 g/mol. The number of nitrogens with one attached hydrogen (secondary N) is 2. The number of carbonyl (C=O) groups is 1. The molecule has 2 N–H and O–H groups in total. The van der Waals surface area contributed by atoms with Crippen molar-refractivity contribution in [3.63, 3.8) is 0 Å². The Hall–Kier alpha value is -2.14. The second-order valence-electron chi connectivity index (χ2n) is 5.18. The Morgan fingerprint density at radius 1 is 1.33 bits per heavy atom. The van der Waals surface area contributed by atoms with Gasteiger partial charge in [-0.05, 0) is 37.6 Å². The summed E-state index contributed by atoms with van der Waals surface area (Å²) in [6.07, 6.45) is 4.42. The van der Waals surface area contributed by atoms with Crippen LogP contribution in [0.5, 0.6) is 0 Å². The Balaban J connectivity index is 1.97. The minimum Gasteiger partial charge on any atom is -0.340 e. The van der Waals surface area contributed by atoms with Gasteiger partial charge in [-0.15, -0.1) is 0 Å². The Labute approximate surface area is 125 Å². The molecule has 0 aliphatic carbocycles. The zero-order valence-electron chi connectivity index (χ0n) is 12.8. The quantitative estimate of drug-likeness (QED) is 0.858. The molecule has 0 radical (unpaired) electrons. The zero-order valence-corrected chi connectivity index (χ0v) is 12.8. The van der Waals surface area contributed by atoms with E-state index in [0.29, 0.717) is 11.7 Å². The lowest BCUT2D eigenvalue weighted by Gasteiger charge is -2.14. The number of rotatable bonds is 6. The van der Waals surface area contributed by atoms with Gasteiger partial charge in [0.05, 0.1) is 6.33 Å². The van der Waals surface area contributed by atoms with Crippen molar-refractivity contribution >= 4 is 11.6 Å². The number of hydrogen-bond acceptors (Lipinski definition) is 3. The van der Waals surface area contributed by atoms with E-state index in [1.165, 1.54) is 5.56 Å². The molecule has 5 nitrogen and oxygen atoms in total. The highest BCUT2D eigenvalue weighted by Gasteiger charge is 2.09. The molecule has 21 heavy (non-hydrogen) atoms. The standard InChI is InChI=1S/C16H22N4O/c1-4-9-17-12(2)13-5-7-14(8-6-13)19-16(21)15-10-20(3)11-18-15/h5-8,10-12,17H,4,9H2,1-3H3,(H,19,21). The first-order valence-electron chi connectivity index (χ1n) is 7.22. The van der Waals surface area contributed by atoms with Crippen molar-refractivity contribution in [2.75, 3.05) is 11.9 Å². The maximum Gasteiger partial charge on any atom is 0.275 e. The number of benzene rings is 1. The van der Waals surface area contributed by atoms with Gasteiger partial charge in [-0.25, -0.2) is 4.98 Å². The summed E-state index contributed by atoms with van der Waals surface area (Å²) in [5.41, 5.74) is 2.40. The molecule has 112 valence electrons. The first kappa shape index (κ1) is 15.3. The van der Waals surface area contributed by atoms with Crippen LogP contribution in [-0.4, -0.2) is 22.0 Å². The third-order valence-corrected chi connectivity index (χ3v) is 3.31. The molecule has 5 heteroatoms. The van der Waals surface area contributed by atoms with Crippen molar-refractivity contribution in [1.29, 1.82) is 0 Å². The van der Waals surface area contributed by atoms with Gasteiger partial charge in [0.2, 0.25) is 0 Å². The second-order valence-corrected chi connectivity index (χ2v) is 5.18. The van der Waals surface area contributed by atoms with Crippen molar-refractivity contribution in [1.82, 2.24) is 14.9 Å². The molecule has 1 amide bonds. The van der Waals surface area contributed by atoms with E-state index in [0.717, 1.165) is 18.7 Å². The third-order valence-electron chi connectivity index (χ3n) is 3.31. The van der Waals surface area contributed by atoms with E-state index in [1.807, 2.05) is 31.3 Å². The van der Waals surface area contributed by atoms with E-state index in [2.05, 4.69) is 29.5 Å². The molecule has 2 rings (SSSR count). The fourth-order valence-electron chi connectivity index (χ4n) is 2.06. The topological polar surface area (TPSA) is 58.9 Å². The highest BCUT2D eigenvalue weighted by atomic mass is 16.1. The normalized spacial score (nSPS) is 12.1. The molecule has 0 bridgehead atoms. The molecule has 2 aromatic rings. The van der Waals surface area contributed by atoms with Crippen LogP contribution in [0.2, 0.25) is 0 Å². The SMILES string of the molecule is CCCNC(C)c1ccc(NC(=O)c2cn(C)cn2)cc1. The lowest BCUT2D eigenvalue weighted by Crippen LogP contribution is -2.19. The molecule has 0 spiro atoms. The molecular formula is C16H22N4O. The van der Waals surface area contributed by atoms with Crippen LogP contribution in [0.25, 0.3) is 0 Å². The molecule has 0 saturated carbocycles. The van der Waals surface area contributed by atoms with E-state index in [-0.39, 0.29) is 5.91 Å². The number of aromatic nitrogens is 2. The Morgan fingerprint density at radius 2 is 2.05 bits per heavy atom. The molecule has 0 fully saturated rings. The lowest BCUT2D eigenvalue weighted by molar-refractivity contribution is 0.102. The summed E-state index contributed by atoms with van der Waals surface area (Å²) < 4.78 is 1.75. The van der Waals surface area contributed by atoms with Crippen molar-refractivity contribution < 1.29 is 4.79 Å². The number of nitrogens with zero attached hydrogens (tertiary/aromatic N) is 2. The summed E-state index contributed by atoms with van der Waals surface area (Å²) >= 11 is 0. The molecular weight excluding hydrogens is 264 g/mol. The van der Waals surface area contributed by atoms with Crippen LogP contribution in [0, 0.1) is 0 Å². The largest absolute Gasteiger partial charge is 0.340 e. The van der Waals surface area contributed by atoms with Gasteiger partial charge < -0.3 is 15.2 Å². The first-order valence-corrected chi connectivity index (χ1v) is 7.22. The minimum atomic E-state index is -0.194. The average molecular weight is 286 g/mol. The summed E-state index contributed by atoms with van der Waals surface area (Å²) in [4.78, 5) is 16.0. The van der Waals surface area contributed by atoms with E-state index in [4.69, 9.17) is 0 Å². The molecule has 1 unspecified atom stereocenters. The molecule has 0 aliphatic heterocycles. The highest BCUT2D eigenvalue weighted by molar-refractivity contribution is 6.02. The zero-order chi connectivity index (χ0) is 15.2. The number of anilines is 1. The maximum atomic E-state index is 12.0. The van der Waals surface area contributed by atoms with Crippen molar-refractivity contribution in [2.45, 2.75) is 26.3 Å². The smallest absolute Gasteiger partial charge is 0.275 e. The average Bonchev–Trinajstić information content (AvgIpc) is 2.92. The van der Waals surface area contributed by atoms with Gasteiger partial charge in [0.1, 0.15) is 5.69 Å². The van der Waals surface area contributed by atoms with Crippen LogP contribution in [0.1, 0.15) is 42.4 Å². The van der Waals surface area contributed by atoms with Gasteiger partial charge in [0, 0.05) is 25.0 Å². The van der Waals surface area contributed by atoms with Crippen LogP contribution in [0.3, 0.4) is 0 Å². The Morgan fingerprint density at radius 3 is 2.62 bits per heavy atom. The van der Waals surface area contributed by atoms with E-state index < -0.39 is 0 Å². The fourth-order valence-corrected chi connectivity index (χ4v) is 2.06. The number of imidazole rings is 1. The van der Waals surface area contributed by atoms with E-state index in [9.17, 15) is 4.79 Å². The Kier molecular flexibility index (Phi) is 5.11. The highest BCUT2D eigenvalue weighted by Crippen LogP contribution is 2.16. The predicted octanol–water partition coefficient (Wildman–Crippen LogP) is 2.73. The minimum absolute atomic E-state index is 0.194. The lowest BCUT2D eigenvalue weighted by atomic mass is 10.1. The summed E-state index contributed by atoms with van der Waals surface area (Å²) in [7, 11) is 1.84. The molecule has 1 aromatic carbocycles. The van der Waals surface area contributed by atoms with Gasteiger partial charge in [-0.2, -0.15) is 0 Å². The molecule has 1 heterocycles. The number of hydrogen-bond donors (Lipinski definition) is 2. The van der Waals surface area contributed by atoms with Gasteiger partial charge in [0.25, 0.3) is 5.91 Å². The number of amides is 1. The summed E-state index contributed by atoms with van der Waals surface area (Å²) in [6, 6.07) is 8.20. The van der Waals surface area contributed by atoms with Gasteiger partial charge in [-0.1, -0.05) is 19.1 Å². The van der Waals surface area contributed by atoms with Crippen molar-refractivity contribution in [3.8, 4) is 0 Å². The Bertz CT molecular complexity index is 589. The summed E-state index contributed by atoms with van der Waals surface area (Å²) in [6.45, 7) is 5.28. The van der Waals surface area contributed by atoms with E-state index >= 15 is 0 Å². The maximum absolute atomic E-state index is 12.0. The first-order chi connectivity index (χ1) is 10.1. The van der Waals surface area contributed by atoms with E-state index in [1.54, 1.807) is 17.1 Å². The molecule has 1 aromatic heterocycles. The second kappa shape index (κ2) is 7.04. The number of carbonyl (C=O) groups excluding carboxylic acids is 1. The third kappa shape index (κ3) is 4.16. The van der Waals surface area contributed by atoms with Gasteiger partial charge in [-0.3, -0.25) is 4.79 Å². The van der Waals surface area contributed by atoms with Crippen molar-refractivity contribution in [2.24, 2.45) is 7.05 Å². The van der Waals surface area contributed by atoms with Crippen LogP contribution in [0.15, 0.2) is 36.8 Å². The molecule has 1 atom stereocenters. The van der Waals surface area contributed by atoms with Crippen LogP contribution < -0.4 is 10.6 Å². The molecule has 0 aliphatic rings. The summed E-state index contributed by atoms with van der Waals surface area (Å²) in [5.74, 6) is -0.194. The summed E-state index contributed by atoms with van der Waals surface area (Å²) in [5, 5.41) is 6.28. The van der Waals surface area contributed by atoms with Crippen LogP contribution >= 0.6 is 0 Å². The number of aryl methyl sites for hydroxylation is 1. The van der Waals surface area contributed by atoms with Crippen LogP contribution in [-0.2, 0) is 7.05 Å². The fraction of sp³-hybridized carbons (Fsp3) is 0.375. The van der Waals surface area contributed by atoms with Crippen LogP contribution in [0.4, 0.5) is 5.69 Å². The molecule has 0 saturated heterocycles. The predicted molar refractivity (Wildman–Crippen MR) is 84.3 cm³/mol. The van der Waals surface area contributed by atoms with Gasteiger partial charge >= 0.3 is 0 Å².